The Morgan fingerprint density at radius 1 is 1.22 bits per heavy atom. The fourth-order valence-corrected chi connectivity index (χ4v) is 4.53. The van der Waals surface area contributed by atoms with Gasteiger partial charge in [0.15, 0.2) is 0 Å². The number of hydrogen-bond acceptors (Lipinski definition) is 5. The highest BCUT2D eigenvalue weighted by Crippen LogP contribution is 2.38. The minimum atomic E-state index is -0.465. The van der Waals surface area contributed by atoms with Gasteiger partial charge >= 0.3 is 6.03 Å². The van der Waals surface area contributed by atoms with Crippen LogP contribution in [0.4, 0.5) is 9.80 Å². The molecule has 1 aliphatic carbocycles. The molecule has 3 amide bonds. The minimum absolute atomic E-state index is 0.134. The summed E-state index contributed by atoms with van der Waals surface area (Å²) in [6, 6.07) is -0.184. The van der Waals surface area contributed by atoms with Crippen molar-refractivity contribution in [2.75, 3.05) is 44.6 Å². The van der Waals surface area contributed by atoms with Crippen LogP contribution in [0.5, 0.6) is 0 Å². The van der Waals surface area contributed by atoms with E-state index >= 15 is 0 Å². The third kappa shape index (κ3) is 3.34. The minimum Gasteiger partial charge on any atom is -0.395 e. The summed E-state index contributed by atoms with van der Waals surface area (Å²) in [6.45, 7) is 3.49. The first-order valence-electron chi connectivity index (χ1n) is 7.93. The van der Waals surface area contributed by atoms with Crippen LogP contribution < -0.4 is 11.1 Å². The molecule has 7 nitrogen and oxygen atoms in total. The second kappa shape index (κ2) is 6.86. The molecular weight excluding hydrogens is 316 g/mol. The predicted molar refractivity (Wildman–Crippen MR) is 89.0 cm³/mol. The van der Waals surface area contributed by atoms with Crippen molar-refractivity contribution in [2.24, 2.45) is 5.73 Å². The highest BCUT2D eigenvalue weighted by molar-refractivity contribution is 7.17. The van der Waals surface area contributed by atoms with Crippen molar-refractivity contribution in [2.45, 2.75) is 19.3 Å². The third-order valence-electron chi connectivity index (χ3n) is 4.46. The Balaban J connectivity index is 1.66. The number of rotatable bonds is 4. The number of piperazine rings is 1. The number of hydrogen-bond donors (Lipinski definition) is 3. The molecule has 0 spiro atoms. The second-order valence-corrected chi connectivity index (χ2v) is 7.01. The number of carbonyl (C=O) groups is 2. The maximum Gasteiger partial charge on any atom is 0.322 e. The molecule has 3 rings (SSSR count). The van der Waals surface area contributed by atoms with Gasteiger partial charge in [-0.1, -0.05) is 0 Å². The molecule has 126 valence electrons. The number of urea groups is 1. The van der Waals surface area contributed by atoms with Gasteiger partial charge in [0.1, 0.15) is 5.00 Å². The van der Waals surface area contributed by atoms with Gasteiger partial charge in [-0.05, 0) is 24.8 Å². The monoisotopic (exact) mass is 338 g/mol. The average molecular weight is 338 g/mol. The number of thiophene rings is 1. The van der Waals surface area contributed by atoms with Crippen LogP contribution in [0.2, 0.25) is 0 Å². The first kappa shape index (κ1) is 16.2. The smallest absolute Gasteiger partial charge is 0.322 e. The molecular formula is C15H22N4O3S. The van der Waals surface area contributed by atoms with Gasteiger partial charge in [0.25, 0.3) is 5.91 Å². The molecule has 0 radical (unpaired) electrons. The first-order chi connectivity index (χ1) is 11.1. The maximum atomic E-state index is 12.4. The Morgan fingerprint density at radius 2 is 1.96 bits per heavy atom. The summed E-state index contributed by atoms with van der Waals surface area (Å²) in [7, 11) is 0. The maximum absolute atomic E-state index is 12.4. The molecule has 4 N–H and O–H groups in total. The zero-order valence-electron chi connectivity index (χ0n) is 13.0. The van der Waals surface area contributed by atoms with Crippen LogP contribution in [-0.4, -0.2) is 66.2 Å². The summed E-state index contributed by atoms with van der Waals surface area (Å²) in [5.41, 5.74) is 7.02. The van der Waals surface area contributed by atoms with E-state index in [-0.39, 0.29) is 12.6 Å². The molecule has 1 aromatic heterocycles. The number of nitrogens with one attached hydrogen (secondary N) is 1. The van der Waals surface area contributed by atoms with Crippen molar-refractivity contribution in [3.63, 3.8) is 0 Å². The van der Waals surface area contributed by atoms with E-state index in [4.69, 9.17) is 10.8 Å². The lowest BCUT2D eigenvalue weighted by Gasteiger charge is -2.34. The lowest BCUT2D eigenvalue weighted by atomic mass is 10.1. The molecule has 0 unspecified atom stereocenters. The molecule has 8 heteroatoms. The Bertz CT molecular complexity index is 608. The third-order valence-corrected chi connectivity index (χ3v) is 5.67. The van der Waals surface area contributed by atoms with Gasteiger partial charge in [-0.3, -0.25) is 15.0 Å². The largest absolute Gasteiger partial charge is 0.395 e. The molecule has 1 aromatic rings. The normalized spacial score (nSPS) is 18.0. The van der Waals surface area contributed by atoms with Crippen LogP contribution in [-0.2, 0) is 12.8 Å². The van der Waals surface area contributed by atoms with Crippen molar-refractivity contribution in [1.29, 1.82) is 0 Å². The Morgan fingerprint density at radius 3 is 2.61 bits per heavy atom. The number of aliphatic hydroxyl groups excluding tert-OH is 1. The quantitative estimate of drug-likeness (QED) is 0.743. The summed E-state index contributed by atoms with van der Waals surface area (Å²) < 4.78 is 0. The Kier molecular flexibility index (Phi) is 4.84. The van der Waals surface area contributed by atoms with Gasteiger partial charge < -0.3 is 15.7 Å². The molecule has 0 aromatic carbocycles. The molecule has 23 heavy (non-hydrogen) atoms. The van der Waals surface area contributed by atoms with Crippen LogP contribution in [0.1, 0.15) is 27.2 Å². The van der Waals surface area contributed by atoms with Crippen LogP contribution in [0.15, 0.2) is 0 Å². The molecule has 1 aliphatic heterocycles. The van der Waals surface area contributed by atoms with E-state index in [1.165, 1.54) is 16.2 Å². The number of aliphatic hydroxyl groups is 1. The number of primary amides is 1. The molecule has 1 saturated heterocycles. The highest BCUT2D eigenvalue weighted by atomic mass is 32.1. The molecule has 0 bridgehead atoms. The van der Waals surface area contributed by atoms with Gasteiger partial charge in [0, 0.05) is 37.6 Å². The summed E-state index contributed by atoms with van der Waals surface area (Å²) in [4.78, 5) is 29.2. The van der Waals surface area contributed by atoms with Crippen molar-refractivity contribution in [1.82, 2.24) is 9.80 Å². The standard InChI is InChI=1S/C15H22N4O3S/c16-13(21)12-10-2-1-3-11(10)23-14(12)17-15(22)19-6-4-18(5-7-19)8-9-20/h20H,1-9H2,(H2,16,21)(H,17,22). The van der Waals surface area contributed by atoms with E-state index in [1.54, 1.807) is 4.90 Å². The number of nitrogens with zero attached hydrogens (tertiary/aromatic N) is 2. The van der Waals surface area contributed by atoms with Crippen LogP contribution in [0.3, 0.4) is 0 Å². The molecule has 2 heterocycles. The zero-order chi connectivity index (χ0) is 16.4. The summed E-state index contributed by atoms with van der Waals surface area (Å²) in [5, 5.41) is 12.4. The molecule has 1 fully saturated rings. The zero-order valence-corrected chi connectivity index (χ0v) is 13.8. The van der Waals surface area contributed by atoms with E-state index < -0.39 is 5.91 Å². The number of fused-ring (bicyclic) bond motifs is 1. The van der Waals surface area contributed by atoms with Gasteiger partial charge in [-0.2, -0.15) is 0 Å². The predicted octanol–water partition coefficient (Wildman–Crippen LogP) is 0.477. The van der Waals surface area contributed by atoms with Crippen molar-refractivity contribution in [3.8, 4) is 0 Å². The number of amides is 3. The van der Waals surface area contributed by atoms with E-state index in [0.29, 0.717) is 30.2 Å². The molecule has 0 atom stereocenters. The molecule has 0 saturated carbocycles. The fourth-order valence-electron chi connectivity index (χ4n) is 3.25. The van der Waals surface area contributed by atoms with Gasteiger partial charge in [-0.15, -0.1) is 11.3 Å². The van der Waals surface area contributed by atoms with E-state index in [1.807, 2.05) is 0 Å². The summed E-state index contributed by atoms with van der Waals surface area (Å²) >= 11 is 1.48. The highest BCUT2D eigenvalue weighted by Gasteiger charge is 2.28. The lowest BCUT2D eigenvalue weighted by Crippen LogP contribution is -2.50. The Hall–Kier alpha value is -1.64. The number of β-amino-alcohol motifs (C(OH)–C–C–N with tert-alkyl or cyclic N) is 1. The van der Waals surface area contributed by atoms with E-state index in [0.717, 1.165) is 37.9 Å². The average Bonchev–Trinajstić information content (AvgIpc) is 3.08. The van der Waals surface area contributed by atoms with Crippen molar-refractivity contribution in [3.05, 3.63) is 16.0 Å². The number of anilines is 1. The van der Waals surface area contributed by atoms with Crippen LogP contribution in [0.25, 0.3) is 0 Å². The van der Waals surface area contributed by atoms with Crippen molar-refractivity contribution >= 4 is 28.3 Å². The number of nitrogens with two attached hydrogens (primary N) is 1. The summed E-state index contributed by atoms with van der Waals surface area (Å²) in [6.07, 6.45) is 2.86. The Labute approximate surface area is 139 Å². The second-order valence-electron chi connectivity index (χ2n) is 5.91. The van der Waals surface area contributed by atoms with Crippen LogP contribution in [0, 0.1) is 0 Å². The van der Waals surface area contributed by atoms with Gasteiger partial charge in [0.2, 0.25) is 0 Å². The van der Waals surface area contributed by atoms with Crippen LogP contribution >= 0.6 is 11.3 Å². The molecule has 2 aliphatic rings. The number of aryl methyl sites for hydroxylation is 1. The lowest BCUT2D eigenvalue weighted by molar-refractivity contribution is 0.100. The first-order valence-corrected chi connectivity index (χ1v) is 8.75. The van der Waals surface area contributed by atoms with Crippen molar-refractivity contribution < 1.29 is 14.7 Å². The fraction of sp³-hybridized carbons (Fsp3) is 0.600. The topological polar surface area (TPSA) is 98.9 Å². The van der Waals surface area contributed by atoms with E-state index in [2.05, 4.69) is 10.2 Å². The summed E-state index contributed by atoms with van der Waals surface area (Å²) in [5.74, 6) is -0.465. The SMILES string of the molecule is NC(=O)c1c(NC(=O)N2CCN(CCO)CC2)sc2c1CCC2. The van der Waals surface area contributed by atoms with E-state index in [9.17, 15) is 9.59 Å². The van der Waals surface area contributed by atoms with Gasteiger partial charge in [0.05, 0.1) is 12.2 Å². The number of carbonyl (C=O) groups excluding carboxylic acids is 2. The van der Waals surface area contributed by atoms with Gasteiger partial charge in [-0.25, -0.2) is 4.79 Å².